The van der Waals surface area contributed by atoms with Crippen molar-refractivity contribution in [1.29, 1.82) is 0 Å². The summed E-state index contributed by atoms with van der Waals surface area (Å²) in [5, 5.41) is 13.0. The Balaban J connectivity index is 2.21. The van der Waals surface area contributed by atoms with Gasteiger partial charge in [-0.2, -0.15) is 0 Å². The van der Waals surface area contributed by atoms with Crippen LogP contribution in [0.1, 0.15) is 39.0 Å². The Labute approximate surface area is 69.0 Å². The first kappa shape index (κ1) is 9.01. The van der Waals surface area contributed by atoms with Gasteiger partial charge in [0.1, 0.15) is 0 Å². The van der Waals surface area contributed by atoms with Crippen LogP contribution in [0.2, 0.25) is 0 Å². The van der Waals surface area contributed by atoms with E-state index in [1.165, 1.54) is 12.8 Å². The van der Waals surface area contributed by atoms with E-state index < -0.39 is 0 Å². The second-order valence-corrected chi connectivity index (χ2v) is 3.41. The van der Waals surface area contributed by atoms with E-state index >= 15 is 0 Å². The molecule has 1 fully saturated rings. The lowest BCUT2D eigenvalue weighted by molar-refractivity contribution is 0.104. The Morgan fingerprint density at radius 1 is 1.55 bits per heavy atom. The second-order valence-electron chi connectivity index (χ2n) is 3.41. The van der Waals surface area contributed by atoms with E-state index in [0.717, 1.165) is 25.8 Å². The monoisotopic (exact) mass is 157 g/mol. The van der Waals surface area contributed by atoms with Gasteiger partial charge in [-0.05, 0) is 25.8 Å². The smallest absolute Gasteiger partial charge is 0.0693 e. The van der Waals surface area contributed by atoms with E-state index in [0.29, 0.717) is 6.04 Å². The number of aliphatic hydroxyl groups is 1. The van der Waals surface area contributed by atoms with Crippen LogP contribution in [0.25, 0.3) is 0 Å². The van der Waals surface area contributed by atoms with Crippen LogP contribution < -0.4 is 5.32 Å². The van der Waals surface area contributed by atoms with Crippen molar-refractivity contribution in [3.8, 4) is 0 Å². The standard InChI is InChI=1S/C9H19NO/c1-2-5-9(11)8-6-3-4-7-10-8/h8-11H,2-7H2,1H3/t8-,9+/m0/s1. The largest absolute Gasteiger partial charge is 0.392 e. The van der Waals surface area contributed by atoms with E-state index in [4.69, 9.17) is 0 Å². The molecule has 0 saturated carbocycles. The van der Waals surface area contributed by atoms with Gasteiger partial charge in [0.15, 0.2) is 0 Å². The molecule has 2 nitrogen and oxygen atoms in total. The fraction of sp³-hybridized carbons (Fsp3) is 1.00. The van der Waals surface area contributed by atoms with Gasteiger partial charge in [0, 0.05) is 6.04 Å². The third-order valence-corrected chi connectivity index (χ3v) is 2.40. The molecule has 66 valence electrons. The molecule has 0 spiro atoms. The first-order valence-electron chi connectivity index (χ1n) is 4.76. The molecule has 0 radical (unpaired) electrons. The summed E-state index contributed by atoms with van der Waals surface area (Å²) < 4.78 is 0. The molecule has 1 heterocycles. The summed E-state index contributed by atoms with van der Waals surface area (Å²) in [5.41, 5.74) is 0. The zero-order chi connectivity index (χ0) is 8.10. The Kier molecular flexibility index (Phi) is 3.87. The average molecular weight is 157 g/mol. The van der Waals surface area contributed by atoms with Crippen LogP contribution in [-0.4, -0.2) is 23.8 Å². The summed E-state index contributed by atoms with van der Waals surface area (Å²) >= 11 is 0. The van der Waals surface area contributed by atoms with Crippen molar-refractivity contribution in [1.82, 2.24) is 5.32 Å². The van der Waals surface area contributed by atoms with Gasteiger partial charge in [-0.3, -0.25) is 0 Å². The predicted octanol–water partition coefficient (Wildman–Crippen LogP) is 1.29. The zero-order valence-corrected chi connectivity index (χ0v) is 7.34. The maximum atomic E-state index is 9.61. The summed E-state index contributed by atoms with van der Waals surface area (Å²) in [6.07, 6.45) is 5.62. The molecule has 0 unspecified atom stereocenters. The average Bonchev–Trinajstić information content (AvgIpc) is 2.07. The number of nitrogens with one attached hydrogen (secondary N) is 1. The SMILES string of the molecule is CCC[C@@H](O)[C@@H]1CCCCN1. The van der Waals surface area contributed by atoms with Gasteiger partial charge in [-0.15, -0.1) is 0 Å². The predicted molar refractivity (Wildman–Crippen MR) is 46.6 cm³/mol. The first-order valence-corrected chi connectivity index (χ1v) is 4.76. The molecule has 2 atom stereocenters. The van der Waals surface area contributed by atoms with Crippen LogP contribution in [0.15, 0.2) is 0 Å². The molecule has 1 aliphatic rings. The topological polar surface area (TPSA) is 32.3 Å². The van der Waals surface area contributed by atoms with E-state index in [2.05, 4.69) is 12.2 Å². The van der Waals surface area contributed by atoms with Crippen molar-refractivity contribution in [3.63, 3.8) is 0 Å². The normalized spacial score (nSPS) is 28.4. The third-order valence-electron chi connectivity index (χ3n) is 2.40. The van der Waals surface area contributed by atoms with Crippen LogP contribution in [0, 0.1) is 0 Å². The lowest BCUT2D eigenvalue weighted by atomic mass is 9.97. The molecule has 0 aromatic carbocycles. The van der Waals surface area contributed by atoms with Crippen molar-refractivity contribution in [3.05, 3.63) is 0 Å². The Bertz CT molecular complexity index is 99.7. The summed E-state index contributed by atoms with van der Waals surface area (Å²) in [6, 6.07) is 0.378. The molecule has 0 aliphatic carbocycles. The van der Waals surface area contributed by atoms with Crippen molar-refractivity contribution in [2.24, 2.45) is 0 Å². The third kappa shape index (κ3) is 2.80. The van der Waals surface area contributed by atoms with Gasteiger partial charge in [0.2, 0.25) is 0 Å². The molecule has 0 aromatic rings. The molecule has 1 aliphatic heterocycles. The molecule has 1 saturated heterocycles. The van der Waals surface area contributed by atoms with Crippen molar-refractivity contribution < 1.29 is 5.11 Å². The van der Waals surface area contributed by atoms with Crippen LogP contribution in [0.5, 0.6) is 0 Å². The molecule has 11 heavy (non-hydrogen) atoms. The van der Waals surface area contributed by atoms with E-state index in [9.17, 15) is 5.11 Å². The van der Waals surface area contributed by atoms with Crippen molar-refractivity contribution in [2.75, 3.05) is 6.54 Å². The highest BCUT2D eigenvalue weighted by molar-refractivity contribution is 4.78. The van der Waals surface area contributed by atoms with E-state index in [1.807, 2.05) is 0 Å². The second kappa shape index (κ2) is 4.73. The zero-order valence-electron chi connectivity index (χ0n) is 7.34. The van der Waals surface area contributed by atoms with Crippen molar-refractivity contribution in [2.45, 2.75) is 51.2 Å². The van der Waals surface area contributed by atoms with E-state index in [-0.39, 0.29) is 6.10 Å². The van der Waals surface area contributed by atoms with Gasteiger partial charge in [-0.1, -0.05) is 19.8 Å². The Morgan fingerprint density at radius 2 is 2.36 bits per heavy atom. The summed E-state index contributed by atoms with van der Waals surface area (Å²) in [5.74, 6) is 0. The van der Waals surface area contributed by atoms with Crippen LogP contribution in [-0.2, 0) is 0 Å². The summed E-state index contributed by atoms with van der Waals surface area (Å²) in [7, 11) is 0. The maximum Gasteiger partial charge on any atom is 0.0693 e. The minimum Gasteiger partial charge on any atom is -0.392 e. The van der Waals surface area contributed by atoms with Gasteiger partial charge in [0.25, 0.3) is 0 Å². The lowest BCUT2D eigenvalue weighted by Crippen LogP contribution is -2.42. The highest BCUT2D eigenvalue weighted by atomic mass is 16.3. The minimum atomic E-state index is -0.111. The molecular weight excluding hydrogens is 138 g/mol. The first-order chi connectivity index (χ1) is 5.34. The molecule has 2 heteroatoms. The molecule has 2 N–H and O–H groups in total. The summed E-state index contributed by atoms with van der Waals surface area (Å²) in [4.78, 5) is 0. The number of rotatable bonds is 3. The van der Waals surface area contributed by atoms with Crippen LogP contribution in [0.4, 0.5) is 0 Å². The molecular formula is C9H19NO. The van der Waals surface area contributed by atoms with Gasteiger partial charge < -0.3 is 10.4 Å². The van der Waals surface area contributed by atoms with E-state index in [1.54, 1.807) is 0 Å². The number of hydrogen-bond donors (Lipinski definition) is 2. The van der Waals surface area contributed by atoms with Crippen LogP contribution >= 0.6 is 0 Å². The minimum absolute atomic E-state index is 0.111. The quantitative estimate of drug-likeness (QED) is 0.647. The van der Waals surface area contributed by atoms with Crippen LogP contribution in [0.3, 0.4) is 0 Å². The fourth-order valence-corrected chi connectivity index (χ4v) is 1.70. The molecule has 0 bridgehead atoms. The van der Waals surface area contributed by atoms with Gasteiger partial charge in [0.05, 0.1) is 6.10 Å². The Morgan fingerprint density at radius 3 is 2.91 bits per heavy atom. The van der Waals surface area contributed by atoms with Crippen molar-refractivity contribution >= 4 is 0 Å². The molecule has 1 rings (SSSR count). The fourth-order valence-electron chi connectivity index (χ4n) is 1.70. The number of aliphatic hydroxyl groups excluding tert-OH is 1. The Hall–Kier alpha value is -0.0800. The number of hydrogen-bond acceptors (Lipinski definition) is 2. The molecule has 0 aromatic heterocycles. The maximum absolute atomic E-state index is 9.61. The number of piperidine rings is 1. The van der Waals surface area contributed by atoms with Gasteiger partial charge >= 0.3 is 0 Å². The van der Waals surface area contributed by atoms with Gasteiger partial charge in [-0.25, -0.2) is 0 Å². The lowest BCUT2D eigenvalue weighted by Gasteiger charge is -2.27. The molecule has 0 amide bonds. The highest BCUT2D eigenvalue weighted by Gasteiger charge is 2.19. The summed E-state index contributed by atoms with van der Waals surface area (Å²) in [6.45, 7) is 3.21. The highest BCUT2D eigenvalue weighted by Crippen LogP contribution is 2.13.